The normalized spacial score (nSPS) is 19.5. The smallest absolute Gasteiger partial charge is 0.140 e. The number of fused-ring (bicyclic) bond motifs is 1. The average Bonchev–Trinajstić information content (AvgIpc) is 3.48. The van der Waals surface area contributed by atoms with Crippen LogP contribution in [0.15, 0.2) is 60.8 Å². The van der Waals surface area contributed by atoms with Crippen LogP contribution in [0.5, 0.6) is 0 Å². The maximum atomic E-state index is 15.6. The molecule has 2 atom stereocenters. The zero-order valence-electron chi connectivity index (χ0n) is 17.0. The predicted octanol–water partition coefficient (Wildman–Crippen LogP) is 5.91. The first-order chi connectivity index (χ1) is 13.8. The molecule has 2 unspecified atom stereocenters. The van der Waals surface area contributed by atoms with Crippen LogP contribution in [0.25, 0.3) is 10.9 Å². The van der Waals surface area contributed by atoms with Gasteiger partial charge in [0.2, 0.25) is 0 Å². The lowest BCUT2D eigenvalue weighted by molar-refractivity contribution is -0.0709. The van der Waals surface area contributed by atoms with Crippen molar-refractivity contribution in [2.75, 3.05) is 0 Å². The van der Waals surface area contributed by atoms with E-state index < -0.39 is 16.7 Å². The molecule has 1 aromatic heterocycles. The second-order valence-electron chi connectivity index (χ2n) is 8.76. The maximum Gasteiger partial charge on any atom is 0.140 e. The van der Waals surface area contributed by atoms with Gasteiger partial charge >= 0.3 is 0 Å². The summed E-state index contributed by atoms with van der Waals surface area (Å²) in [6.07, 6.45) is 3.67. The lowest BCUT2D eigenvalue weighted by atomic mass is 9.68. The molecule has 1 heterocycles. The van der Waals surface area contributed by atoms with Crippen LogP contribution in [-0.4, -0.2) is 21.4 Å². The van der Waals surface area contributed by atoms with Crippen molar-refractivity contribution in [1.29, 1.82) is 0 Å². The number of nitrogens with zero attached hydrogens (tertiary/aromatic N) is 1. The van der Waals surface area contributed by atoms with Gasteiger partial charge < -0.3 is 5.11 Å². The molecule has 4 heteroatoms. The molecule has 29 heavy (non-hydrogen) atoms. The fourth-order valence-corrected chi connectivity index (χ4v) is 4.51. The molecule has 0 radical (unpaired) electrons. The Kier molecular flexibility index (Phi) is 4.94. The highest BCUT2D eigenvalue weighted by atomic mass is 19.1. The Balaban J connectivity index is 1.73. The predicted molar refractivity (Wildman–Crippen MR) is 112 cm³/mol. The van der Waals surface area contributed by atoms with Gasteiger partial charge in [0.15, 0.2) is 0 Å². The number of aromatic nitrogens is 1. The SMILES string of the molecule is CCC(C)(CC(O)(Cc1ccnc2ccccc12)C1(F)CC1)c1ccc(F)cc1. The van der Waals surface area contributed by atoms with Crippen molar-refractivity contribution in [2.24, 2.45) is 0 Å². The van der Waals surface area contributed by atoms with Gasteiger partial charge in [-0.15, -0.1) is 0 Å². The summed E-state index contributed by atoms with van der Waals surface area (Å²) in [6, 6.07) is 16.0. The van der Waals surface area contributed by atoms with E-state index in [-0.39, 0.29) is 18.7 Å². The fraction of sp³-hybridized carbons (Fsp3) is 0.400. The number of rotatable bonds is 7. The molecular weight excluding hydrogens is 368 g/mol. The van der Waals surface area contributed by atoms with Crippen LogP contribution in [0.3, 0.4) is 0 Å². The van der Waals surface area contributed by atoms with Crippen molar-refractivity contribution >= 4 is 10.9 Å². The molecule has 2 aromatic carbocycles. The topological polar surface area (TPSA) is 33.1 Å². The van der Waals surface area contributed by atoms with E-state index in [2.05, 4.69) is 4.98 Å². The standard InChI is InChI=1S/C25H27F2NO/c1-3-23(2,19-8-10-20(26)11-9-19)17-25(29,24(27)13-14-24)16-18-12-15-28-22-7-5-4-6-21(18)22/h4-12,15,29H,3,13-14,16-17H2,1-2H3. The van der Waals surface area contributed by atoms with Gasteiger partial charge in [0, 0.05) is 18.0 Å². The molecule has 1 fully saturated rings. The minimum Gasteiger partial charge on any atom is -0.386 e. The highest BCUT2D eigenvalue weighted by molar-refractivity contribution is 5.82. The molecule has 2 nitrogen and oxygen atoms in total. The van der Waals surface area contributed by atoms with E-state index >= 15 is 4.39 Å². The second kappa shape index (κ2) is 7.17. The summed E-state index contributed by atoms with van der Waals surface area (Å²) in [5, 5.41) is 12.7. The van der Waals surface area contributed by atoms with E-state index in [1.165, 1.54) is 12.1 Å². The molecule has 1 N–H and O–H groups in total. The van der Waals surface area contributed by atoms with E-state index in [0.717, 1.165) is 22.0 Å². The lowest BCUT2D eigenvalue weighted by Gasteiger charge is -2.41. The van der Waals surface area contributed by atoms with Crippen molar-refractivity contribution in [3.8, 4) is 0 Å². The van der Waals surface area contributed by atoms with Crippen molar-refractivity contribution in [3.63, 3.8) is 0 Å². The summed E-state index contributed by atoms with van der Waals surface area (Å²) in [4.78, 5) is 4.39. The Labute approximate surface area is 170 Å². The number of halogens is 2. The monoisotopic (exact) mass is 395 g/mol. The Bertz CT molecular complexity index is 1010. The summed E-state index contributed by atoms with van der Waals surface area (Å²) in [6.45, 7) is 4.06. The number of hydrogen-bond donors (Lipinski definition) is 1. The second-order valence-corrected chi connectivity index (χ2v) is 8.76. The van der Waals surface area contributed by atoms with Crippen LogP contribution in [0, 0.1) is 5.82 Å². The highest BCUT2D eigenvalue weighted by Gasteiger charge is 2.61. The molecule has 1 saturated carbocycles. The maximum absolute atomic E-state index is 15.6. The molecule has 4 rings (SSSR count). The van der Waals surface area contributed by atoms with E-state index in [0.29, 0.717) is 19.3 Å². The third kappa shape index (κ3) is 3.66. The molecular formula is C25H27F2NO. The van der Waals surface area contributed by atoms with E-state index in [1.54, 1.807) is 18.3 Å². The van der Waals surface area contributed by atoms with Crippen LogP contribution in [-0.2, 0) is 11.8 Å². The molecule has 0 bridgehead atoms. The van der Waals surface area contributed by atoms with Gasteiger partial charge in [0.1, 0.15) is 17.1 Å². The highest BCUT2D eigenvalue weighted by Crippen LogP contribution is 2.54. The largest absolute Gasteiger partial charge is 0.386 e. The Hall–Kier alpha value is -2.33. The first-order valence-corrected chi connectivity index (χ1v) is 10.3. The zero-order valence-corrected chi connectivity index (χ0v) is 17.0. The minimum atomic E-state index is -1.59. The van der Waals surface area contributed by atoms with Crippen LogP contribution < -0.4 is 0 Å². The number of hydrogen-bond acceptors (Lipinski definition) is 2. The summed E-state index contributed by atoms with van der Waals surface area (Å²) < 4.78 is 29.0. The molecule has 0 amide bonds. The number of para-hydroxylation sites is 1. The number of aliphatic hydroxyl groups is 1. The van der Waals surface area contributed by atoms with Crippen LogP contribution in [0.1, 0.15) is 50.7 Å². The molecule has 0 aliphatic heterocycles. The van der Waals surface area contributed by atoms with Crippen LogP contribution in [0.4, 0.5) is 8.78 Å². The van der Waals surface area contributed by atoms with Crippen molar-refractivity contribution in [2.45, 2.75) is 62.6 Å². The molecule has 3 aromatic rings. The third-order valence-electron chi connectivity index (χ3n) is 6.75. The number of benzene rings is 2. The molecule has 1 aliphatic rings. The Morgan fingerprint density at radius 3 is 2.41 bits per heavy atom. The quantitative estimate of drug-likeness (QED) is 0.540. The van der Waals surface area contributed by atoms with Gasteiger partial charge in [-0.05, 0) is 66.5 Å². The lowest BCUT2D eigenvalue weighted by Crippen LogP contribution is -2.48. The van der Waals surface area contributed by atoms with Crippen molar-refractivity contribution < 1.29 is 13.9 Å². The molecule has 0 spiro atoms. The minimum absolute atomic E-state index is 0.226. The van der Waals surface area contributed by atoms with Gasteiger partial charge in [-0.25, -0.2) is 8.78 Å². The third-order valence-corrected chi connectivity index (χ3v) is 6.75. The summed E-state index contributed by atoms with van der Waals surface area (Å²) in [5.74, 6) is -0.296. The molecule has 1 aliphatic carbocycles. The number of alkyl halides is 1. The van der Waals surface area contributed by atoms with Gasteiger partial charge in [-0.2, -0.15) is 0 Å². The summed E-state index contributed by atoms with van der Waals surface area (Å²) in [5.41, 5.74) is -0.895. The van der Waals surface area contributed by atoms with E-state index in [9.17, 15) is 9.50 Å². The Morgan fingerprint density at radius 2 is 1.76 bits per heavy atom. The number of pyridine rings is 1. The fourth-order valence-electron chi connectivity index (χ4n) is 4.51. The summed E-state index contributed by atoms with van der Waals surface area (Å²) >= 11 is 0. The van der Waals surface area contributed by atoms with Gasteiger partial charge in [0.25, 0.3) is 0 Å². The van der Waals surface area contributed by atoms with Crippen molar-refractivity contribution in [3.05, 3.63) is 77.7 Å². The Morgan fingerprint density at radius 1 is 1.07 bits per heavy atom. The van der Waals surface area contributed by atoms with Crippen LogP contribution >= 0.6 is 0 Å². The van der Waals surface area contributed by atoms with Gasteiger partial charge in [0.05, 0.1) is 5.52 Å². The zero-order chi connectivity index (χ0) is 20.7. The average molecular weight is 395 g/mol. The van der Waals surface area contributed by atoms with Crippen molar-refractivity contribution in [1.82, 2.24) is 4.98 Å². The first kappa shape index (κ1) is 20.0. The van der Waals surface area contributed by atoms with E-state index in [1.807, 2.05) is 44.2 Å². The summed E-state index contributed by atoms with van der Waals surface area (Å²) in [7, 11) is 0. The van der Waals surface area contributed by atoms with Crippen LogP contribution in [0.2, 0.25) is 0 Å². The van der Waals surface area contributed by atoms with E-state index in [4.69, 9.17) is 0 Å². The molecule has 0 saturated heterocycles. The van der Waals surface area contributed by atoms with Gasteiger partial charge in [-0.3, -0.25) is 4.98 Å². The first-order valence-electron chi connectivity index (χ1n) is 10.3. The van der Waals surface area contributed by atoms with Gasteiger partial charge in [-0.1, -0.05) is 44.2 Å². The molecule has 152 valence electrons.